The third kappa shape index (κ3) is 2.23. The van der Waals surface area contributed by atoms with Crippen LogP contribution >= 0.6 is 0 Å². The van der Waals surface area contributed by atoms with Crippen LogP contribution in [0.3, 0.4) is 0 Å². The number of fused-ring (bicyclic) bond motifs is 1. The van der Waals surface area contributed by atoms with Gasteiger partial charge in [-0.3, -0.25) is 0 Å². The van der Waals surface area contributed by atoms with Crippen LogP contribution in [-0.2, 0) is 6.42 Å². The molecule has 0 spiro atoms. The standard InChI is InChI=1S/C13H19NO3/c1-16-12-5-9-3-8(7-14)4-11(15)10(9)6-13(12)17-2/h5-6,8,11,15H,3-4,7,14H2,1-2H3. The van der Waals surface area contributed by atoms with Crippen molar-refractivity contribution in [1.29, 1.82) is 0 Å². The van der Waals surface area contributed by atoms with E-state index >= 15 is 0 Å². The van der Waals surface area contributed by atoms with Gasteiger partial charge in [0, 0.05) is 0 Å². The summed E-state index contributed by atoms with van der Waals surface area (Å²) >= 11 is 0. The van der Waals surface area contributed by atoms with Crippen molar-refractivity contribution in [3.05, 3.63) is 23.3 Å². The first kappa shape index (κ1) is 12.2. The first-order chi connectivity index (χ1) is 8.19. The van der Waals surface area contributed by atoms with E-state index < -0.39 is 6.10 Å². The molecule has 94 valence electrons. The number of rotatable bonds is 3. The van der Waals surface area contributed by atoms with Crippen molar-refractivity contribution in [3.63, 3.8) is 0 Å². The molecule has 4 heteroatoms. The minimum absolute atomic E-state index is 0.343. The Hall–Kier alpha value is -1.26. The van der Waals surface area contributed by atoms with Crippen LogP contribution in [0.5, 0.6) is 11.5 Å². The number of aliphatic hydroxyl groups is 1. The van der Waals surface area contributed by atoms with Crippen LogP contribution in [0.25, 0.3) is 0 Å². The van der Waals surface area contributed by atoms with Crippen molar-refractivity contribution < 1.29 is 14.6 Å². The van der Waals surface area contributed by atoms with Gasteiger partial charge in [-0.05, 0) is 48.6 Å². The maximum Gasteiger partial charge on any atom is 0.161 e. The molecule has 2 rings (SSSR count). The Balaban J connectivity index is 2.42. The molecule has 3 N–H and O–H groups in total. The topological polar surface area (TPSA) is 64.7 Å². The highest BCUT2D eigenvalue weighted by Crippen LogP contribution is 2.39. The zero-order valence-corrected chi connectivity index (χ0v) is 10.3. The second-order valence-electron chi connectivity index (χ2n) is 4.46. The molecule has 2 unspecified atom stereocenters. The van der Waals surface area contributed by atoms with E-state index in [1.165, 1.54) is 0 Å². The van der Waals surface area contributed by atoms with Gasteiger partial charge < -0.3 is 20.3 Å². The average molecular weight is 237 g/mol. The van der Waals surface area contributed by atoms with Gasteiger partial charge in [-0.25, -0.2) is 0 Å². The molecule has 0 radical (unpaired) electrons. The Kier molecular flexibility index (Phi) is 3.54. The fourth-order valence-corrected chi connectivity index (χ4v) is 2.44. The Morgan fingerprint density at radius 3 is 2.53 bits per heavy atom. The van der Waals surface area contributed by atoms with Crippen LogP contribution < -0.4 is 15.2 Å². The molecule has 0 bridgehead atoms. The summed E-state index contributed by atoms with van der Waals surface area (Å²) in [5.74, 6) is 1.71. The van der Waals surface area contributed by atoms with Gasteiger partial charge in [0.25, 0.3) is 0 Å². The monoisotopic (exact) mass is 237 g/mol. The lowest BCUT2D eigenvalue weighted by atomic mass is 9.82. The van der Waals surface area contributed by atoms with E-state index in [9.17, 15) is 5.11 Å². The number of aliphatic hydroxyl groups excluding tert-OH is 1. The SMILES string of the molecule is COc1cc2c(cc1OC)C(O)CC(CN)C2. The van der Waals surface area contributed by atoms with Crippen LogP contribution in [0.2, 0.25) is 0 Å². The van der Waals surface area contributed by atoms with Crippen molar-refractivity contribution in [3.8, 4) is 11.5 Å². The molecule has 1 aliphatic carbocycles. The summed E-state index contributed by atoms with van der Waals surface area (Å²) in [5.41, 5.74) is 7.73. The second-order valence-corrected chi connectivity index (χ2v) is 4.46. The van der Waals surface area contributed by atoms with E-state index in [2.05, 4.69) is 0 Å². The van der Waals surface area contributed by atoms with E-state index in [1.807, 2.05) is 12.1 Å². The molecule has 1 aliphatic rings. The van der Waals surface area contributed by atoms with Crippen molar-refractivity contribution >= 4 is 0 Å². The molecule has 0 aliphatic heterocycles. The fraction of sp³-hybridized carbons (Fsp3) is 0.538. The molecule has 17 heavy (non-hydrogen) atoms. The number of ether oxygens (including phenoxy) is 2. The summed E-state index contributed by atoms with van der Waals surface area (Å²) in [6, 6.07) is 3.81. The summed E-state index contributed by atoms with van der Waals surface area (Å²) in [6.07, 6.45) is 1.16. The highest BCUT2D eigenvalue weighted by molar-refractivity contribution is 5.49. The second kappa shape index (κ2) is 4.94. The van der Waals surface area contributed by atoms with Gasteiger partial charge in [-0.15, -0.1) is 0 Å². The van der Waals surface area contributed by atoms with Gasteiger partial charge in [0.05, 0.1) is 20.3 Å². The summed E-state index contributed by atoms with van der Waals surface area (Å²) in [6.45, 7) is 0.602. The van der Waals surface area contributed by atoms with Gasteiger partial charge in [-0.2, -0.15) is 0 Å². The van der Waals surface area contributed by atoms with Gasteiger partial charge in [0.2, 0.25) is 0 Å². The average Bonchev–Trinajstić information content (AvgIpc) is 2.36. The van der Waals surface area contributed by atoms with E-state index in [0.717, 1.165) is 24.0 Å². The van der Waals surface area contributed by atoms with E-state index in [0.29, 0.717) is 24.0 Å². The number of hydrogen-bond donors (Lipinski definition) is 2. The number of methoxy groups -OCH3 is 2. The first-order valence-corrected chi connectivity index (χ1v) is 5.82. The third-order valence-electron chi connectivity index (χ3n) is 3.40. The summed E-state index contributed by atoms with van der Waals surface area (Å²) in [5, 5.41) is 10.1. The third-order valence-corrected chi connectivity index (χ3v) is 3.40. The van der Waals surface area contributed by atoms with Crippen LogP contribution in [0.15, 0.2) is 12.1 Å². The van der Waals surface area contributed by atoms with Crippen molar-refractivity contribution in [2.75, 3.05) is 20.8 Å². The van der Waals surface area contributed by atoms with Gasteiger partial charge in [0.15, 0.2) is 11.5 Å². The molecule has 0 heterocycles. The summed E-state index contributed by atoms with van der Waals surface area (Å²) < 4.78 is 10.5. The maximum atomic E-state index is 10.1. The molecular formula is C13H19NO3. The van der Waals surface area contributed by atoms with Crippen molar-refractivity contribution in [2.24, 2.45) is 11.7 Å². The van der Waals surface area contributed by atoms with E-state index in [1.54, 1.807) is 14.2 Å². The molecule has 2 atom stereocenters. The Morgan fingerprint density at radius 2 is 1.94 bits per heavy atom. The quantitative estimate of drug-likeness (QED) is 0.830. The molecule has 0 fully saturated rings. The predicted octanol–water partition coefficient (Wildman–Crippen LogP) is 1.26. The first-order valence-electron chi connectivity index (χ1n) is 5.82. The highest BCUT2D eigenvalue weighted by Gasteiger charge is 2.26. The largest absolute Gasteiger partial charge is 0.493 e. The Morgan fingerprint density at radius 1 is 1.29 bits per heavy atom. The number of benzene rings is 1. The molecule has 0 saturated heterocycles. The number of hydrogen-bond acceptors (Lipinski definition) is 4. The smallest absolute Gasteiger partial charge is 0.161 e. The lowest BCUT2D eigenvalue weighted by molar-refractivity contribution is 0.133. The molecule has 0 amide bonds. The Labute approximate surface area is 101 Å². The summed E-state index contributed by atoms with van der Waals surface area (Å²) in [4.78, 5) is 0. The molecule has 0 saturated carbocycles. The van der Waals surface area contributed by atoms with Crippen LogP contribution in [0.4, 0.5) is 0 Å². The molecular weight excluding hydrogens is 218 g/mol. The van der Waals surface area contributed by atoms with E-state index in [4.69, 9.17) is 15.2 Å². The molecule has 4 nitrogen and oxygen atoms in total. The highest BCUT2D eigenvalue weighted by atomic mass is 16.5. The van der Waals surface area contributed by atoms with Crippen LogP contribution in [0, 0.1) is 5.92 Å². The van der Waals surface area contributed by atoms with E-state index in [-0.39, 0.29) is 0 Å². The predicted molar refractivity (Wildman–Crippen MR) is 65.4 cm³/mol. The van der Waals surface area contributed by atoms with Crippen molar-refractivity contribution in [2.45, 2.75) is 18.9 Å². The van der Waals surface area contributed by atoms with Crippen LogP contribution in [-0.4, -0.2) is 25.9 Å². The van der Waals surface area contributed by atoms with Gasteiger partial charge >= 0.3 is 0 Å². The minimum Gasteiger partial charge on any atom is -0.493 e. The lowest BCUT2D eigenvalue weighted by Crippen LogP contribution is -2.25. The minimum atomic E-state index is -0.452. The lowest BCUT2D eigenvalue weighted by Gasteiger charge is -2.28. The molecule has 0 aromatic heterocycles. The van der Waals surface area contributed by atoms with Gasteiger partial charge in [-0.1, -0.05) is 0 Å². The van der Waals surface area contributed by atoms with Crippen LogP contribution in [0.1, 0.15) is 23.7 Å². The Bertz CT molecular complexity index is 406. The molecule has 1 aromatic rings. The van der Waals surface area contributed by atoms with Gasteiger partial charge in [0.1, 0.15) is 0 Å². The number of nitrogens with two attached hydrogens (primary N) is 1. The zero-order valence-electron chi connectivity index (χ0n) is 10.3. The summed E-state index contributed by atoms with van der Waals surface area (Å²) in [7, 11) is 3.21. The zero-order chi connectivity index (χ0) is 12.4. The fourth-order valence-electron chi connectivity index (χ4n) is 2.44. The molecule has 1 aromatic carbocycles. The van der Waals surface area contributed by atoms with Crippen molar-refractivity contribution in [1.82, 2.24) is 0 Å². The maximum absolute atomic E-state index is 10.1. The normalized spacial score (nSPS) is 23.1.